The first-order chi connectivity index (χ1) is 18.6. The van der Waals surface area contributed by atoms with Crippen LogP contribution in [0.2, 0.25) is 5.02 Å². The molecule has 210 valence electrons. The fourth-order valence-electron chi connectivity index (χ4n) is 4.65. The number of para-hydroxylation sites is 2. The smallest absolute Gasteiger partial charge is 0.232 e. The zero-order valence-corrected chi connectivity index (χ0v) is 24.2. The number of rotatable bonds is 22. The molecule has 0 aliphatic carbocycles. The molecule has 1 amide bonds. The standard InChI is InChI=1S/C33H48ClNO3/c1-2-3-4-5-6-7-8-9-10-11-12-13-14-15-16-21-26-38-32-25-20-17-22-28(32)31(36)27-33(37)35-30-24-19-18-23-29(30)34/h17-20,22-25H,2-16,21,26-27H2,1H3,(H,35,37). The number of unbranched alkanes of at least 4 members (excludes halogenated alkanes) is 15. The maximum Gasteiger partial charge on any atom is 0.232 e. The molecule has 0 saturated carbocycles. The van der Waals surface area contributed by atoms with Gasteiger partial charge in [-0.15, -0.1) is 0 Å². The Labute approximate surface area is 235 Å². The summed E-state index contributed by atoms with van der Waals surface area (Å²) in [7, 11) is 0. The summed E-state index contributed by atoms with van der Waals surface area (Å²) in [6.07, 6.45) is 21.0. The lowest BCUT2D eigenvalue weighted by Crippen LogP contribution is -2.17. The summed E-state index contributed by atoms with van der Waals surface area (Å²) < 4.78 is 5.92. The number of benzene rings is 2. The van der Waals surface area contributed by atoms with E-state index >= 15 is 0 Å². The minimum Gasteiger partial charge on any atom is -0.493 e. The average Bonchev–Trinajstić information content (AvgIpc) is 2.92. The topological polar surface area (TPSA) is 55.4 Å². The number of hydrogen-bond donors (Lipinski definition) is 1. The van der Waals surface area contributed by atoms with Gasteiger partial charge in [-0.2, -0.15) is 0 Å². The third-order valence-corrected chi connectivity index (χ3v) is 7.24. The molecule has 0 unspecified atom stereocenters. The Morgan fingerprint density at radius 1 is 0.684 bits per heavy atom. The number of ketones is 1. The number of Topliss-reactive ketones (excluding diaryl/α,β-unsaturated/α-hetero) is 1. The van der Waals surface area contributed by atoms with Crippen LogP contribution in [0.5, 0.6) is 5.75 Å². The SMILES string of the molecule is CCCCCCCCCCCCCCCCCCOc1ccccc1C(=O)CC(=O)Nc1ccccc1Cl. The van der Waals surface area contributed by atoms with Gasteiger partial charge in [0, 0.05) is 0 Å². The van der Waals surface area contributed by atoms with E-state index < -0.39 is 5.91 Å². The highest BCUT2D eigenvalue weighted by atomic mass is 35.5. The van der Waals surface area contributed by atoms with Gasteiger partial charge in [0.25, 0.3) is 0 Å². The van der Waals surface area contributed by atoms with E-state index in [-0.39, 0.29) is 12.2 Å². The molecule has 0 saturated heterocycles. The number of anilines is 1. The van der Waals surface area contributed by atoms with Gasteiger partial charge < -0.3 is 10.1 Å². The first kappa shape index (κ1) is 31.9. The molecule has 0 bridgehead atoms. The van der Waals surface area contributed by atoms with Gasteiger partial charge in [-0.3, -0.25) is 9.59 Å². The van der Waals surface area contributed by atoms with Crippen LogP contribution in [0.4, 0.5) is 5.69 Å². The zero-order chi connectivity index (χ0) is 27.3. The lowest BCUT2D eigenvalue weighted by Gasteiger charge is -2.11. The highest BCUT2D eigenvalue weighted by Gasteiger charge is 2.17. The van der Waals surface area contributed by atoms with Crippen molar-refractivity contribution in [2.75, 3.05) is 11.9 Å². The Morgan fingerprint density at radius 3 is 1.76 bits per heavy atom. The molecule has 0 heterocycles. The molecule has 0 radical (unpaired) electrons. The Balaban J connectivity index is 1.52. The van der Waals surface area contributed by atoms with E-state index in [0.717, 1.165) is 12.8 Å². The van der Waals surface area contributed by atoms with Gasteiger partial charge in [-0.1, -0.05) is 139 Å². The molecule has 2 aromatic rings. The number of ether oxygens (including phenoxy) is 1. The van der Waals surface area contributed by atoms with Crippen LogP contribution >= 0.6 is 11.6 Å². The molecule has 0 atom stereocenters. The molecule has 4 nitrogen and oxygen atoms in total. The fourth-order valence-corrected chi connectivity index (χ4v) is 4.84. The largest absolute Gasteiger partial charge is 0.493 e. The normalized spacial score (nSPS) is 10.9. The number of hydrogen-bond acceptors (Lipinski definition) is 3. The average molecular weight is 542 g/mol. The maximum atomic E-state index is 12.8. The van der Waals surface area contributed by atoms with Crippen molar-refractivity contribution in [2.24, 2.45) is 0 Å². The van der Waals surface area contributed by atoms with Gasteiger partial charge in [0.2, 0.25) is 5.91 Å². The minimum atomic E-state index is -0.393. The lowest BCUT2D eigenvalue weighted by atomic mass is 10.0. The van der Waals surface area contributed by atoms with Crippen LogP contribution in [0.3, 0.4) is 0 Å². The van der Waals surface area contributed by atoms with Crippen LogP contribution in [0.15, 0.2) is 48.5 Å². The van der Waals surface area contributed by atoms with Gasteiger partial charge in [-0.25, -0.2) is 0 Å². The molecule has 0 aliphatic rings. The maximum absolute atomic E-state index is 12.8. The molecule has 2 aromatic carbocycles. The molecule has 5 heteroatoms. The highest BCUT2D eigenvalue weighted by Crippen LogP contribution is 2.23. The zero-order valence-electron chi connectivity index (χ0n) is 23.4. The molecular formula is C33H48ClNO3. The van der Waals surface area contributed by atoms with Crippen molar-refractivity contribution in [2.45, 2.75) is 116 Å². The first-order valence-corrected chi connectivity index (χ1v) is 15.3. The van der Waals surface area contributed by atoms with Crippen molar-refractivity contribution in [1.29, 1.82) is 0 Å². The van der Waals surface area contributed by atoms with Crippen molar-refractivity contribution < 1.29 is 14.3 Å². The molecular weight excluding hydrogens is 494 g/mol. The Morgan fingerprint density at radius 2 is 1.18 bits per heavy atom. The molecule has 38 heavy (non-hydrogen) atoms. The summed E-state index contributed by atoms with van der Waals surface area (Å²) in [4.78, 5) is 25.1. The van der Waals surface area contributed by atoms with Gasteiger partial charge in [0.05, 0.1) is 29.3 Å². The second-order valence-electron chi connectivity index (χ2n) is 10.3. The molecule has 0 fully saturated rings. The molecule has 0 aliphatic heterocycles. The van der Waals surface area contributed by atoms with Crippen LogP contribution in [0.1, 0.15) is 126 Å². The number of amides is 1. The summed E-state index contributed by atoms with van der Waals surface area (Å²) >= 11 is 6.09. The van der Waals surface area contributed by atoms with Crippen molar-refractivity contribution >= 4 is 29.0 Å². The molecule has 0 aromatic heterocycles. The number of carbonyl (C=O) groups is 2. The monoisotopic (exact) mass is 541 g/mol. The fraction of sp³-hybridized carbons (Fsp3) is 0.576. The van der Waals surface area contributed by atoms with Gasteiger partial charge in [0.15, 0.2) is 5.78 Å². The quantitative estimate of drug-likeness (QED) is 0.0915. The van der Waals surface area contributed by atoms with E-state index in [1.165, 1.54) is 89.9 Å². The Hall–Kier alpha value is -2.33. The lowest BCUT2D eigenvalue weighted by molar-refractivity contribution is -0.115. The van der Waals surface area contributed by atoms with Crippen LogP contribution < -0.4 is 10.1 Å². The Bertz CT molecular complexity index is 930. The van der Waals surface area contributed by atoms with Crippen molar-refractivity contribution in [1.82, 2.24) is 0 Å². The predicted molar refractivity (Wildman–Crippen MR) is 161 cm³/mol. The summed E-state index contributed by atoms with van der Waals surface area (Å²) in [6, 6.07) is 14.1. The van der Waals surface area contributed by atoms with E-state index in [4.69, 9.17) is 16.3 Å². The highest BCUT2D eigenvalue weighted by molar-refractivity contribution is 6.33. The predicted octanol–water partition coefficient (Wildman–Crippen LogP) is 10.2. The van der Waals surface area contributed by atoms with Gasteiger partial charge in [-0.05, 0) is 30.7 Å². The molecule has 1 N–H and O–H groups in total. The van der Waals surface area contributed by atoms with Crippen molar-refractivity contribution in [3.8, 4) is 5.75 Å². The molecule has 0 spiro atoms. The van der Waals surface area contributed by atoms with E-state index in [1.54, 1.807) is 42.5 Å². The third-order valence-electron chi connectivity index (χ3n) is 6.91. The van der Waals surface area contributed by atoms with Crippen LogP contribution in [-0.2, 0) is 4.79 Å². The second kappa shape index (κ2) is 20.6. The van der Waals surface area contributed by atoms with Gasteiger partial charge in [0.1, 0.15) is 5.75 Å². The van der Waals surface area contributed by atoms with Crippen LogP contribution in [0, 0.1) is 0 Å². The number of carbonyl (C=O) groups excluding carboxylic acids is 2. The van der Waals surface area contributed by atoms with E-state index in [9.17, 15) is 9.59 Å². The minimum absolute atomic E-state index is 0.259. The summed E-state index contributed by atoms with van der Waals surface area (Å²) in [5.41, 5.74) is 0.943. The van der Waals surface area contributed by atoms with Crippen LogP contribution in [0.25, 0.3) is 0 Å². The summed E-state index contributed by atoms with van der Waals surface area (Å²) in [5.74, 6) is -0.114. The van der Waals surface area contributed by atoms with E-state index in [2.05, 4.69) is 12.2 Å². The van der Waals surface area contributed by atoms with E-state index in [1.807, 2.05) is 6.07 Å². The molecule has 2 rings (SSSR count). The Kier molecular flexibility index (Phi) is 17.3. The third kappa shape index (κ3) is 14.0. The van der Waals surface area contributed by atoms with Crippen LogP contribution in [-0.4, -0.2) is 18.3 Å². The number of halogens is 1. The number of nitrogens with one attached hydrogen (secondary N) is 1. The second-order valence-corrected chi connectivity index (χ2v) is 10.7. The van der Waals surface area contributed by atoms with Gasteiger partial charge >= 0.3 is 0 Å². The first-order valence-electron chi connectivity index (χ1n) is 14.9. The summed E-state index contributed by atoms with van der Waals surface area (Å²) in [6.45, 7) is 2.85. The van der Waals surface area contributed by atoms with Crippen molar-refractivity contribution in [3.05, 3.63) is 59.1 Å². The summed E-state index contributed by atoms with van der Waals surface area (Å²) in [5, 5.41) is 3.14. The van der Waals surface area contributed by atoms with E-state index in [0.29, 0.717) is 28.6 Å². The van der Waals surface area contributed by atoms with Crippen molar-refractivity contribution in [3.63, 3.8) is 0 Å².